The fraction of sp³-hybridized carbons (Fsp3) is 0.583. The largest absolute Gasteiger partial charge is 0.507 e. The number of fused-ring (bicyclic) bond motifs is 3. The third kappa shape index (κ3) is 6.29. The summed E-state index contributed by atoms with van der Waals surface area (Å²) in [5.74, 6) is 0.325. The molecule has 1 aromatic carbocycles. The van der Waals surface area contributed by atoms with E-state index in [-0.39, 0.29) is 30.7 Å². The summed E-state index contributed by atoms with van der Waals surface area (Å²) in [4.78, 5) is 0. The number of phenols is 1. The summed E-state index contributed by atoms with van der Waals surface area (Å²) in [7, 11) is 0. The molecule has 2 heterocycles. The summed E-state index contributed by atoms with van der Waals surface area (Å²) < 4.78 is 35.7. The molecule has 33 heavy (non-hydrogen) atoms. The molecule has 2 aromatic rings. The van der Waals surface area contributed by atoms with Crippen molar-refractivity contribution in [3.8, 4) is 22.8 Å². The number of benzene rings is 1. The second-order valence-electron chi connectivity index (χ2n) is 8.31. The maximum atomic E-state index is 12.7. The monoisotopic (exact) mass is 464 g/mol. The van der Waals surface area contributed by atoms with Gasteiger partial charge >= 0.3 is 6.61 Å². The van der Waals surface area contributed by atoms with Crippen LogP contribution in [0.3, 0.4) is 0 Å². The number of aromatic hydroxyl groups is 1. The number of hydrogen-bond acceptors (Lipinski definition) is 7. The van der Waals surface area contributed by atoms with Gasteiger partial charge in [0.2, 0.25) is 0 Å². The van der Waals surface area contributed by atoms with Gasteiger partial charge < -0.3 is 25.6 Å². The van der Waals surface area contributed by atoms with E-state index >= 15 is 0 Å². The molecule has 0 saturated carbocycles. The van der Waals surface area contributed by atoms with Crippen LogP contribution in [-0.4, -0.2) is 34.6 Å². The Hall–Kier alpha value is -2.52. The zero-order chi connectivity index (χ0) is 23.8. The SMILES string of the molecule is CCCCC[C@H](CC)Nc1nnc2c(c1CN)CCCOCc1cc(OC(F)F)cc(O)c1-2. The van der Waals surface area contributed by atoms with E-state index in [4.69, 9.17) is 10.5 Å². The van der Waals surface area contributed by atoms with Gasteiger partial charge in [-0.25, -0.2) is 0 Å². The average Bonchev–Trinajstić information content (AvgIpc) is 2.86. The summed E-state index contributed by atoms with van der Waals surface area (Å²) in [6.45, 7) is 2.20. The Bertz CT molecular complexity index is 927. The molecular weight excluding hydrogens is 430 g/mol. The van der Waals surface area contributed by atoms with Crippen molar-refractivity contribution in [3.05, 3.63) is 28.8 Å². The molecule has 182 valence electrons. The number of aromatic nitrogens is 2. The predicted molar refractivity (Wildman–Crippen MR) is 123 cm³/mol. The zero-order valence-electron chi connectivity index (χ0n) is 19.4. The Kier molecular flexibility index (Phi) is 9.20. The Morgan fingerprint density at radius 3 is 2.76 bits per heavy atom. The minimum atomic E-state index is -2.99. The van der Waals surface area contributed by atoms with Crippen LogP contribution in [0.1, 0.15) is 69.1 Å². The molecule has 1 aromatic heterocycles. The van der Waals surface area contributed by atoms with E-state index in [0.717, 1.165) is 43.2 Å². The van der Waals surface area contributed by atoms with E-state index in [1.807, 2.05) is 0 Å². The standard InChI is InChI=1S/C24H34F2N4O3/c1-3-5-6-8-16(4-2)28-23-19(13-27)18-9-7-10-32-14-15-11-17(33-24(25)26)12-20(31)21(15)22(18)29-30-23/h11-12,16,24,31H,3-10,13-14,27H2,1-2H3,(H,28,30)/t16-/m0/s1. The van der Waals surface area contributed by atoms with E-state index in [1.54, 1.807) is 0 Å². The second kappa shape index (κ2) is 12.1. The zero-order valence-corrected chi connectivity index (χ0v) is 19.4. The van der Waals surface area contributed by atoms with Crippen LogP contribution in [0.2, 0.25) is 0 Å². The molecule has 0 spiro atoms. The molecule has 0 amide bonds. The normalized spacial score (nSPS) is 14.6. The molecular formula is C24H34F2N4O3. The van der Waals surface area contributed by atoms with Gasteiger partial charge in [-0.2, -0.15) is 8.78 Å². The van der Waals surface area contributed by atoms with Gasteiger partial charge in [0.05, 0.1) is 6.61 Å². The van der Waals surface area contributed by atoms with Crippen molar-refractivity contribution in [1.82, 2.24) is 10.2 Å². The number of nitrogens with one attached hydrogen (secondary N) is 1. The van der Waals surface area contributed by atoms with Gasteiger partial charge in [-0.3, -0.25) is 0 Å². The van der Waals surface area contributed by atoms with Gasteiger partial charge in [-0.15, -0.1) is 10.2 Å². The molecule has 4 N–H and O–H groups in total. The van der Waals surface area contributed by atoms with Crippen LogP contribution < -0.4 is 15.8 Å². The number of unbranched alkanes of at least 4 members (excludes halogenated alkanes) is 2. The molecule has 9 heteroatoms. The Morgan fingerprint density at radius 1 is 1.24 bits per heavy atom. The molecule has 0 saturated heterocycles. The van der Waals surface area contributed by atoms with Crippen molar-refractivity contribution < 1.29 is 23.4 Å². The van der Waals surface area contributed by atoms with Gasteiger partial charge in [0.1, 0.15) is 17.2 Å². The van der Waals surface area contributed by atoms with E-state index < -0.39 is 6.61 Å². The summed E-state index contributed by atoms with van der Waals surface area (Å²) in [6, 6.07) is 2.89. The number of hydrogen-bond donors (Lipinski definition) is 3. The first-order chi connectivity index (χ1) is 16.0. The van der Waals surface area contributed by atoms with Gasteiger partial charge in [0.15, 0.2) is 5.82 Å². The smallest absolute Gasteiger partial charge is 0.387 e. The van der Waals surface area contributed by atoms with Gasteiger partial charge in [-0.05, 0) is 42.9 Å². The molecule has 7 nitrogen and oxygen atoms in total. The van der Waals surface area contributed by atoms with E-state index in [0.29, 0.717) is 35.7 Å². The van der Waals surface area contributed by atoms with E-state index in [2.05, 4.69) is 34.1 Å². The molecule has 0 unspecified atom stereocenters. The van der Waals surface area contributed by atoms with Crippen molar-refractivity contribution in [1.29, 1.82) is 0 Å². The summed E-state index contributed by atoms with van der Waals surface area (Å²) in [5, 5.41) is 23.2. The lowest BCUT2D eigenvalue weighted by atomic mass is 9.94. The van der Waals surface area contributed by atoms with Crippen LogP contribution in [0.25, 0.3) is 11.3 Å². The first-order valence-electron chi connectivity index (χ1n) is 11.7. The van der Waals surface area contributed by atoms with Gasteiger partial charge in [0, 0.05) is 36.4 Å². The lowest BCUT2D eigenvalue weighted by Gasteiger charge is -2.22. The molecule has 0 radical (unpaired) electrons. The summed E-state index contributed by atoms with van der Waals surface area (Å²) in [6.07, 6.45) is 6.86. The summed E-state index contributed by atoms with van der Waals surface area (Å²) in [5.41, 5.74) is 9.35. The van der Waals surface area contributed by atoms with Gasteiger partial charge in [0.25, 0.3) is 0 Å². The quantitative estimate of drug-likeness (QED) is 0.418. The van der Waals surface area contributed by atoms with Crippen molar-refractivity contribution in [2.75, 3.05) is 11.9 Å². The number of ether oxygens (including phenoxy) is 2. The first-order valence-corrected chi connectivity index (χ1v) is 11.7. The number of nitrogens with zero attached hydrogens (tertiary/aromatic N) is 2. The molecule has 0 bridgehead atoms. The van der Waals surface area contributed by atoms with Crippen molar-refractivity contribution in [2.45, 2.75) is 84.6 Å². The maximum absolute atomic E-state index is 12.7. The molecule has 3 rings (SSSR count). The highest BCUT2D eigenvalue weighted by molar-refractivity contribution is 5.76. The number of rotatable bonds is 10. The van der Waals surface area contributed by atoms with E-state index in [1.165, 1.54) is 18.6 Å². The lowest BCUT2D eigenvalue weighted by Crippen LogP contribution is -2.22. The van der Waals surface area contributed by atoms with Gasteiger partial charge in [-0.1, -0.05) is 33.1 Å². The molecule has 1 atom stereocenters. The van der Waals surface area contributed by atoms with Crippen molar-refractivity contribution >= 4 is 5.82 Å². The van der Waals surface area contributed by atoms with Crippen molar-refractivity contribution in [2.24, 2.45) is 5.73 Å². The predicted octanol–water partition coefficient (Wildman–Crippen LogP) is 5.14. The maximum Gasteiger partial charge on any atom is 0.387 e. The lowest BCUT2D eigenvalue weighted by molar-refractivity contribution is -0.0500. The minimum Gasteiger partial charge on any atom is -0.507 e. The van der Waals surface area contributed by atoms with Crippen LogP contribution in [-0.2, 0) is 24.3 Å². The van der Waals surface area contributed by atoms with Crippen LogP contribution >= 0.6 is 0 Å². The number of nitrogens with two attached hydrogens (primary N) is 1. The Labute approximate surface area is 193 Å². The fourth-order valence-corrected chi connectivity index (χ4v) is 4.27. The van der Waals surface area contributed by atoms with E-state index in [9.17, 15) is 13.9 Å². The third-order valence-electron chi connectivity index (χ3n) is 5.99. The highest BCUT2D eigenvalue weighted by Gasteiger charge is 2.24. The molecule has 1 aliphatic rings. The summed E-state index contributed by atoms with van der Waals surface area (Å²) >= 11 is 0. The van der Waals surface area contributed by atoms with Crippen LogP contribution in [0.4, 0.5) is 14.6 Å². The molecule has 0 aliphatic carbocycles. The number of anilines is 1. The second-order valence-corrected chi connectivity index (χ2v) is 8.31. The number of halogens is 2. The molecule has 1 aliphatic heterocycles. The minimum absolute atomic E-state index is 0.131. The average molecular weight is 465 g/mol. The topological polar surface area (TPSA) is 103 Å². The Balaban J connectivity index is 2.04. The molecule has 0 fully saturated rings. The van der Waals surface area contributed by atoms with Crippen molar-refractivity contribution in [3.63, 3.8) is 0 Å². The number of phenolic OH excluding ortho intramolecular Hbond substituents is 1. The third-order valence-corrected chi connectivity index (χ3v) is 5.99. The number of alkyl halides is 2. The Morgan fingerprint density at radius 2 is 2.06 bits per heavy atom. The highest BCUT2D eigenvalue weighted by atomic mass is 19.3. The first kappa shape index (κ1) is 25.1. The van der Waals surface area contributed by atoms with Crippen LogP contribution in [0, 0.1) is 0 Å². The van der Waals surface area contributed by atoms with Crippen LogP contribution in [0.5, 0.6) is 11.5 Å². The highest BCUT2D eigenvalue weighted by Crippen LogP contribution is 2.40. The fourth-order valence-electron chi connectivity index (χ4n) is 4.27. The van der Waals surface area contributed by atoms with Crippen LogP contribution in [0.15, 0.2) is 12.1 Å².